The molecule has 0 aliphatic heterocycles. The van der Waals surface area contributed by atoms with Crippen LogP contribution in [0, 0.1) is 5.92 Å². The SMILES string of the molecule is Nc1ccc(OCC2CC2)cc1-n1cccn1. The molecule has 0 spiro atoms. The molecular weight excluding hydrogens is 214 g/mol. The summed E-state index contributed by atoms with van der Waals surface area (Å²) >= 11 is 0. The lowest BCUT2D eigenvalue weighted by atomic mass is 10.2. The number of nitrogen functional groups attached to an aromatic ring is 1. The van der Waals surface area contributed by atoms with Gasteiger partial charge in [0.25, 0.3) is 0 Å². The molecule has 1 heterocycles. The molecule has 0 amide bonds. The van der Waals surface area contributed by atoms with Gasteiger partial charge in [0.05, 0.1) is 18.0 Å². The molecule has 0 bridgehead atoms. The normalized spacial score (nSPS) is 14.8. The van der Waals surface area contributed by atoms with Gasteiger partial charge < -0.3 is 10.5 Å². The van der Waals surface area contributed by atoms with E-state index in [0.717, 1.165) is 24.0 Å². The van der Waals surface area contributed by atoms with Gasteiger partial charge in [0, 0.05) is 18.5 Å². The summed E-state index contributed by atoms with van der Waals surface area (Å²) in [6.45, 7) is 0.808. The van der Waals surface area contributed by atoms with E-state index in [2.05, 4.69) is 5.10 Å². The molecule has 1 aliphatic rings. The second-order valence-electron chi connectivity index (χ2n) is 4.43. The van der Waals surface area contributed by atoms with Crippen LogP contribution in [0.15, 0.2) is 36.7 Å². The predicted molar refractivity (Wildman–Crippen MR) is 66.2 cm³/mol. The van der Waals surface area contributed by atoms with Crippen LogP contribution in [0.1, 0.15) is 12.8 Å². The van der Waals surface area contributed by atoms with Crippen LogP contribution in [0.25, 0.3) is 5.69 Å². The summed E-state index contributed by atoms with van der Waals surface area (Å²) < 4.78 is 7.48. The third-order valence-corrected chi connectivity index (χ3v) is 2.94. The van der Waals surface area contributed by atoms with Gasteiger partial charge in [-0.15, -0.1) is 0 Å². The zero-order chi connectivity index (χ0) is 11.7. The van der Waals surface area contributed by atoms with Gasteiger partial charge in [-0.25, -0.2) is 4.68 Å². The van der Waals surface area contributed by atoms with Gasteiger partial charge in [-0.2, -0.15) is 5.10 Å². The first-order valence-corrected chi connectivity index (χ1v) is 5.85. The number of ether oxygens (including phenoxy) is 1. The number of aromatic nitrogens is 2. The average molecular weight is 229 g/mol. The molecule has 88 valence electrons. The van der Waals surface area contributed by atoms with Crippen LogP contribution in [-0.2, 0) is 0 Å². The summed E-state index contributed by atoms with van der Waals surface area (Å²) in [6, 6.07) is 7.58. The van der Waals surface area contributed by atoms with E-state index in [1.165, 1.54) is 12.8 Å². The van der Waals surface area contributed by atoms with Crippen LogP contribution in [-0.4, -0.2) is 16.4 Å². The van der Waals surface area contributed by atoms with Gasteiger partial charge in [-0.1, -0.05) is 0 Å². The highest BCUT2D eigenvalue weighted by Crippen LogP contribution is 2.30. The van der Waals surface area contributed by atoms with Crippen molar-refractivity contribution in [1.29, 1.82) is 0 Å². The van der Waals surface area contributed by atoms with Gasteiger partial charge in [-0.3, -0.25) is 0 Å². The topological polar surface area (TPSA) is 53.1 Å². The molecule has 17 heavy (non-hydrogen) atoms. The third-order valence-electron chi connectivity index (χ3n) is 2.94. The van der Waals surface area contributed by atoms with Crippen molar-refractivity contribution in [3.63, 3.8) is 0 Å². The van der Waals surface area contributed by atoms with Crippen molar-refractivity contribution in [2.75, 3.05) is 12.3 Å². The lowest BCUT2D eigenvalue weighted by Gasteiger charge is -2.10. The fourth-order valence-corrected chi connectivity index (χ4v) is 1.72. The zero-order valence-corrected chi connectivity index (χ0v) is 9.54. The highest BCUT2D eigenvalue weighted by molar-refractivity contribution is 5.60. The van der Waals surface area contributed by atoms with Gasteiger partial charge in [0.2, 0.25) is 0 Å². The minimum absolute atomic E-state index is 0.701. The molecule has 1 aromatic carbocycles. The van der Waals surface area contributed by atoms with Crippen LogP contribution in [0.5, 0.6) is 5.75 Å². The number of nitrogens with zero attached hydrogens (tertiary/aromatic N) is 2. The largest absolute Gasteiger partial charge is 0.493 e. The second-order valence-corrected chi connectivity index (χ2v) is 4.43. The maximum Gasteiger partial charge on any atom is 0.121 e. The zero-order valence-electron chi connectivity index (χ0n) is 9.54. The highest BCUT2D eigenvalue weighted by Gasteiger charge is 2.22. The molecule has 3 rings (SSSR count). The number of rotatable bonds is 4. The molecule has 2 aromatic rings. The monoisotopic (exact) mass is 229 g/mol. The summed E-state index contributed by atoms with van der Waals surface area (Å²) in [7, 11) is 0. The van der Waals surface area contributed by atoms with E-state index in [0.29, 0.717) is 5.69 Å². The Hall–Kier alpha value is -1.97. The van der Waals surface area contributed by atoms with Crippen molar-refractivity contribution in [2.24, 2.45) is 5.92 Å². The first kappa shape index (κ1) is 10.2. The summed E-state index contributed by atoms with van der Waals surface area (Å²) in [6.07, 6.45) is 6.19. The van der Waals surface area contributed by atoms with E-state index < -0.39 is 0 Å². The summed E-state index contributed by atoms with van der Waals surface area (Å²) in [5.74, 6) is 1.61. The van der Waals surface area contributed by atoms with Crippen molar-refractivity contribution >= 4 is 5.69 Å². The Labute approximate surface area is 100 Å². The van der Waals surface area contributed by atoms with Gasteiger partial charge in [0.1, 0.15) is 5.75 Å². The Bertz CT molecular complexity index is 503. The summed E-state index contributed by atoms with van der Waals surface area (Å²) in [4.78, 5) is 0. The maximum atomic E-state index is 5.93. The molecule has 1 saturated carbocycles. The Balaban J connectivity index is 1.83. The van der Waals surface area contributed by atoms with Crippen molar-refractivity contribution in [1.82, 2.24) is 9.78 Å². The van der Waals surface area contributed by atoms with Crippen LogP contribution >= 0.6 is 0 Å². The van der Waals surface area contributed by atoms with Crippen LogP contribution < -0.4 is 10.5 Å². The average Bonchev–Trinajstić information content (AvgIpc) is 3.01. The molecule has 0 atom stereocenters. The molecule has 1 aliphatic carbocycles. The predicted octanol–water partition coefficient (Wildman–Crippen LogP) is 2.24. The molecule has 4 nitrogen and oxygen atoms in total. The first-order valence-electron chi connectivity index (χ1n) is 5.85. The van der Waals surface area contributed by atoms with E-state index >= 15 is 0 Å². The van der Waals surface area contributed by atoms with Crippen LogP contribution in [0.2, 0.25) is 0 Å². The molecule has 1 aromatic heterocycles. The van der Waals surface area contributed by atoms with E-state index in [1.54, 1.807) is 10.9 Å². The fourth-order valence-electron chi connectivity index (χ4n) is 1.72. The number of hydrogen-bond acceptors (Lipinski definition) is 3. The summed E-state index contributed by atoms with van der Waals surface area (Å²) in [5, 5.41) is 4.18. The highest BCUT2D eigenvalue weighted by atomic mass is 16.5. The molecule has 1 fully saturated rings. The van der Waals surface area contributed by atoms with E-state index in [9.17, 15) is 0 Å². The lowest BCUT2D eigenvalue weighted by Crippen LogP contribution is -2.03. The molecular formula is C13H15N3O. The van der Waals surface area contributed by atoms with Crippen molar-refractivity contribution in [3.8, 4) is 11.4 Å². The minimum atomic E-state index is 0.701. The smallest absolute Gasteiger partial charge is 0.121 e. The quantitative estimate of drug-likeness (QED) is 0.818. The second kappa shape index (κ2) is 4.13. The van der Waals surface area contributed by atoms with Gasteiger partial charge >= 0.3 is 0 Å². The Morgan fingerprint density at radius 1 is 1.41 bits per heavy atom. The Morgan fingerprint density at radius 3 is 3.00 bits per heavy atom. The van der Waals surface area contributed by atoms with Gasteiger partial charge in [0.15, 0.2) is 0 Å². The molecule has 2 N–H and O–H groups in total. The van der Waals surface area contributed by atoms with E-state index in [1.807, 2.05) is 30.5 Å². The number of hydrogen-bond donors (Lipinski definition) is 1. The van der Waals surface area contributed by atoms with Gasteiger partial charge in [-0.05, 0) is 37.0 Å². The van der Waals surface area contributed by atoms with E-state index in [-0.39, 0.29) is 0 Å². The molecule has 0 radical (unpaired) electrons. The van der Waals surface area contributed by atoms with Crippen LogP contribution in [0.4, 0.5) is 5.69 Å². The fraction of sp³-hybridized carbons (Fsp3) is 0.308. The van der Waals surface area contributed by atoms with Crippen LogP contribution in [0.3, 0.4) is 0 Å². The van der Waals surface area contributed by atoms with Crippen molar-refractivity contribution in [2.45, 2.75) is 12.8 Å². The molecule has 0 saturated heterocycles. The standard InChI is InChI=1S/C13H15N3O/c14-12-5-4-11(17-9-10-2-3-10)8-13(12)16-7-1-6-15-16/h1,4-8,10H,2-3,9,14H2. The van der Waals surface area contributed by atoms with Crippen molar-refractivity contribution < 1.29 is 4.74 Å². The number of nitrogens with two attached hydrogens (primary N) is 1. The first-order chi connectivity index (χ1) is 8.33. The minimum Gasteiger partial charge on any atom is -0.493 e. The van der Waals surface area contributed by atoms with E-state index in [4.69, 9.17) is 10.5 Å². The summed E-state index contributed by atoms with van der Waals surface area (Å²) in [5.41, 5.74) is 7.50. The number of benzene rings is 1. The Kier molecular flexibility index (Phi) is 2.48. The Morgan fingerprint density at radius 2 is 2.29 bits per heavy atom. The third kappa shape index (κ3) is 2.25. The van der Waals surface area contributed by atoms with Crippen molar-refractivity contribution in [3.05, 3.63) is 36.7 Å². The maximum absolute atomic E-state index is 5.93. The molecule has 4 heteroatoms. The lowest BCUT2D eigenvalue weighted by molar-refractivity contribution is 0.299. The molecule has 0 unspecified atom stereocenters. The number of anilines is 1.